The Labute approximate surface area is 142 Å². The van der Waals surface area contributed by atoms with Gasteiger partial charge in [0.25, 0.3) is 0 Å². The summed E-state index contributed by atoms with van der Waals surface area (Å²) in [7, 11) is -7.27. The topological polar surface area (TPSA) is 106 Å². The van der Waals surface area contributed by atoms with Crippen molar-refractivity contribution in [3.63, 3.8) is 0 Å². The summed E-state index contributed by atoms with van der Waals surface area (Å²) in [6.07, 6.45) is 1.55. The highest BCUT2D eigenvalue weighted by Crippen LogP contribution is 2.20. The minimum absolute atomic E-state index is 0.0213. The first-order valence-corrected chi connectivity index (χ1v) is 10.6. The molecule has 0 aromatic heterocycles. The third-order valence-corrected chi connectivity index (χ3v) is 6.28. The van der Waals surface area contributed by atoms with Gasteiger partial charge in [-0.1, -0.05) is 18.2 Å². The van der Waals surface area contributed by atoms with E-state index < -0.39 is 19.9 Å². The van der Waals surface area contributed by atoms with Crippen molar-refractivity contribution in [2.45, 2.75) is 23.1 Å². The first kappa shape index (κ1) is 18.4. The minimum atomic E-state index is -3.79. The van der Waals surface area contributed by atoms with Crippen LogP contribution in [-0.2, 0) is 26.3 Å². The highest BCUT2D eigenvalue weighted by molar-refractivity contribution is 7.91. The Kier molecular flexibility index (Phi) is 5.32. The zero-order valence-electron chi connectivity index (χ0n) is 13.5. The Morgan fingerprint density at radius 3 is 2.21 bits per heavy atom. The van der Waals surface area contributed by atoms with Gasteiger partial charge in [-0.05, 0) is 48.7 Å². The van der Waals surface area contributed by atoms with E-state index in [2.05, 4.69) is 4.72 Å². The zero-order valence-corrected chi connectivity index (χ0v) is 15.1. The molecule has 0 atom stereocenters. The van der Waals surface area contributed by atoms with Crippen molar-refractivity contribution in [3.8, 4) is 0 Å². The van der Waals surface area contributed by atoms with Crippen LogP contribution in [0.2, 0.25) is 0 Å². The Balaban J connectivity index is 2.17. The van der Waals surface area contributed by atoms with Crippen LogP contribution in [0, 0.1) is 6.92 Å². The molecule has 0 saturated heterocycles. The predicted molar refractivity (Wildman–Crippen MR) is 94.0 cm³/mol. The fourth-order valence-corrected chi connectivity index (χ4v) is 4.21. The number of rotatable bonds is 6. The van der Waals surface area contributed by atoms with Gasteiger partial charge in [-0.2, -0.15) is 0 Å². The van der Waals surface area contributed by atoms with Crippen LogP contribution < -0.4 is 10.5 Å². The van der Waals surface area contributed by atoms with E-state index in [4.69, 9.17) is 5.73 Å². The Hall–Kier alpha value is -1.90. The van der Waals surface area contributed by atoms with Gasteiger partial charge in [-0.15, -0.1) is 0 Å². The molecule has 2 rings (SSSR count). The average molecular weight is 368 g/mol. The zero-order chi connectivity index (χ0) is 18.0. The Morgan fingerprint density at radius 1 is 1.00 bits per heavy atom. The molecule has 130 valence electrons. The number of benzene rings is 2. The monoisotopic (exact) mass is 368 g/mol. The van der Waals surface area contributed by atoms with E-state index in [9.17, 15) is 16.8 Å². The normalized spacial score (nSPS) is 12.2. The Bertz CT molecular complexity index is 935. The highest BCUT2D eigenvalue weighted by atomic mass is 32.2. The number of nitrogen functional groups attached to an aromatic ring is 1. The molecule has 2 aromatic rings. The molecule has 0 unspecified atom stereocenters. The van der Waals surface area contributed by atoms with Crippen LogP contribution in [0.5, 0.6) is 0 Å². The molecule has 0 radical (unpaired) electrons. The molecule has 0 bridgehead atoms. The molecule has 0 aliphatic carbocycles. The van der Waals surface area contributed by atoms with Crippen LogP contribution in [-0.4, -0.2) is 29.6 Å². The van der Waals surface area contributed by atoms with E-state index in [1.54, 1.807) is 19.1 Å². The maximum Gasteiger partial charge on any atom is 0.240 e. The van der Waals surface area contributed by atoms with Crippen LogP contribution in [0.1, 0.15) is 11.1 Å². The molecule has 0 spiro atoms. The molecule has 0 fully saturated rings. The summed E-state index contributed by atoms with van der Waals surface area (Å²) in [6, 6.07) is 11.3. The number of hydrogen-bond acceptors (Lipinski definition) is 5. The van der Waals surface area contributed by atoms with Crippen molar-refractivity contribution >= 4 is 25.5 Å². The van der Waals surface area contributed by atoms with Gasteiger partial charge in [0.05, 0.1) is 9.79 Å². The van der Waals surface area contributed by atoms with Crippen LogP contribution in [0.4, 0.5) is 5.69 Å². The fraction of sp³-hybridized carbons (Fsp3) is 0.250. The summed E-state index contributed by atoms with van der Waals surface area (Å²) in [5.74, 6) is 0. The first-order chi connectivity index (χ1) is 11.1. The van der Waals surface area contributed by atoms with Crippen LogP contribution in [0.15, 0.2) is 52.3 Å². The Morgan fingerprint density at radius 2 is 1.62 bits per heavy atom. The summed E-state index contributed by atoms with van der Waals surface area (Å²) >= 11 is 0. The second-order valence-electron chi connectivity index (χ2n) is 5.59. The molecule has 6 nitrogen and oxygen atoms in total. The van der Waals surface area contributed by atoms with E-state index >= 15 is 0 Å². The average Bonchev–Trinajstić information content (AvgIpc) is 2.48. The molecule has 0 heterocycles. The maximum absolute atomic E-state index is 12.5. The minimum Gasteiger partial charge on any atom is -0.399 e. The lowest BCUT2D eigenvalue weighted by Gasteiger charge is -2.11. The van der Waals surface area contributed by atoms with Crippen molar-refractivity contribution in [2.24, 2.45) is 0 Å². The first-order valence-electron chi connectivity index (χ1n) is 7.24. The van der Waals surface area contributed by atoms with Gasteiger partial charge in [0.2, 0.25) is 10.0 Å². The van der Waals surface area contributed by atoms with Gasteiger partial charge in [-0.3, -0.25) is 0 Å². The summed E-state index contributed by atoms with van der Waals surface area (Å²) < 4.78 is 50.7. The highest BCUT2D eigenvalue weighted by Gasteiger charge is 2.19. The third kappa shape index (κ3) is 4.56. The largest absolute Gasteiger partial charge is 0.399 e. The van der Waals surface area contributed by atoms with Gasteiger partial charge in [0.15, 0.2) is 9.84 Å². The maximum atomic E-state index is 12.5. The predicted octanol–water partition coefficient (Wildman–Crippen LogP) is 1.50. The van der Waals surface area contributed by atoms with Crippen molar-refractivity contribution in [3.05, 3.63) is 53.6 Å². The number of anilines is 1. The van der Waals surface area contributed by atoms with Crippen molar-refractivity contribution in [2.75, 3.05) is 18.5 Å². The lowest BCUT2D eigenvalue weighted by molar-refractivity contribution is 0.580. The number of sulfone groups is 1. The van der Waals surface area contributed by atoms with Crippen molar-refractivity contribution in [1.82, 2.24) is 4.72 Å². The molecule has 3 N–H and O–H groups in total. The molecule has 0 amide bonds. The quantitative estimate of drug-likeness (QED) is 0.752. The van der Waals surface area contributed by atoms with Gasteiger partial charge < -0.3 is 5.73 Å². The molecular weight excluding hydrogens is 348 g/mol. The number of hydrogen-bond donors (Lipinski definition) is 2. The lowest BCUT2D eigenvalue weighted by Crippen LogP contribution is -2.26. The van der Waals surface area contributed by atoms with Gasteiger partial charge in [-0.25, -0.2) is 21.6 Å². The molecule has 0 aliphatic heterocycles. The van der Waals surface area contributed by atoms with Crippen LogP contribution in [0.3, 0.4) is 0 Å². The number of nitrogens with two attached hydrogens (primary N) is 1. The molecule has 0 saturated carbocycles. The summed E-state index contributed by atoms with van der Waals surface area (Å²) in [6.45, 7) is 1.83. The third-order valence-electron chi connectivity index (χ3n) is 3.56. The second kappa shape index (κ2) is 6.92. The van der Waals surface area contributed by atoms with E-state index in [0.717, 1.165) is 11.8 Å². The second-order valence-corrected chi connectivity index (χ2v) is 9.34. The van der Waals surface area contributed by atoms with Crippen molar-refractivity contribution < 1.29 is 16.8 Å². The van der Waals surface area contributed by atoms with E-state index in [0.29, 0.717) is 17.7 Å². The van der Waals surface area contributed by atoms with Gasteiger partial charge in [0, 0.05) is 18.5 Å². The SMILES string of the molecule is Cc1ccc(S(C)(=O)=O)cc1S(=O)(=O)NCCc1ccc(N)cc1. The van der Waals surface area contributed by atoms with E-state index in [1.165, 1.54) is 18.2 Å². The fourth-order valence-electron chi connectivity index (χ4n) is 2.19. The number of sulfonamides is 1. The lowest BCUT2D eigenvalue weighted by atomic mass is 10.1. The summed E-state index contributed by atoms with van der Waals surface area (Å²) in [5.41, 5.74) is 7.69. The number of aryl methyl sites for hydroxylation is 1. The molecule has 0 aliphatic rings. The van der Waals surface area contributed by atoms with Gasteiger partial charge in [0.1, 0.15) is 0 Å². The number of nitrogens with one attached hydrogen (secondary N) is 1. The summed E-state index contributed by atoms with van der Waals surface area (Å²) in [5, 5.41) is 0. The van der Waals surface area contributed by atoms with Crippen LogP contribution in [0.25, 0.3) is 0 Å². The summed E-state index contributed by atoms with van der Waals surface area (Å²) in [4.78, 5) is -0.0465. The molecule has 2 aromatic carbocycles. The molecule has 8 heteroatoms. The van der Waals surface area contributed by atoms with Crippen molar-refractivity contribution in [1.29, 1.82) is 0 Å². The molecular formula is C16H20N2O4S2. The smallest absolute Gasteiger partial charge is 0.240 e. The molecule has 24 heavy (non-hydrogen) atoms. The van der Waals surface area contributed by atoms with E-state index in [1.807, 2.05) is 12.1 Å². The standard InChI is InChI=1S/C16H20N2O4S2/c1-12-3-8-15(23(2,19)20)11-16(12)24(21,22)18-10-9-13-4-6-14(17)7-5-13/h3-8,11,18H,9-10,17H2,1-2H3. The van der Waals surface area contributed by atoms with Crippen LogP contribution >= 0.6 is 0 Å². The van der Waals surface area contributed by atoms with Gasteiger partial charge >= 0.3 is 0 Å². The van der Waals surface area contributed by atoms with E-state index in [-0.39, 0.29) is 16.3 Å².